The van der Waals surface area contributed by atoms with Gasteiger partial charge in [0.1, 0.15) is 5.78 Å². The zero-order chi connectivity index (χ0) is 17.1. The number of halogens is 3. The maximum Gasteiger partial charge on any atom is 0.523 e. The maximum atomic E-state index is 12.7. The minimum Gasteiger partial charge on any atom is -0.298 e. The Bertz CT molecular complexity index is 521. The molecule has 0 radical (unpaired) electrons. The first-order valence-corrected chi connectivity index (χ1v) is 12.2. The molecule has 136 valence electrons. The lowest BCUT2D eigenvalue weighted by Gasteiger charge is -2.41. The van der Waals surface area contributed by atoms with Crippen molar-refractivity contribution in [2.24, 2.45) is 5.92 Å². The molecule has 0 bridgehead atoms. The molecule has 1 saturated heterocycles. The van der Waals surface area contributed by atoms with Gasteiger partial charge in [-0.3, -0.25) is 4.79 Å². The average Bonchev–Trinajstić information content (AvgIpc) is 2.47. The Balaban J connectivity index is 2.14. The minimum absolute atomic E-state index is 0.121. The van der Waals surface area contributed by atoms with Crippen LogP contribution in [-0.2, 0) is 18.5 Å². The van der Waals surface area contributed by atoms with Gasteiger partial charge in [-0.15, -0.1) is 10.3 Å². The van der Waals surface area contributed by atoms with Crippen molar-refractivity contribution in [2.45, 2.75) is 37.6 Å². The Hall–Kier alpha value is 0.0700. The van der Waals surface area contributed by atoms with E-state index in [1.165, 1.54) is 0 Å². The number of thioether (sulfide) groups is 1. The summed E-state index contributed by atoms with van der Waals surface area (Å²) < 4.78 is 65.5. The van der Waals surface area contributed by atoms with Gasteiger partial charge in [-0.05, 0) is 12.8 Å². The molecule has 0 atom stereocenters. The molecular weight excluding hydrogens is 373 g/mol. The third-order valence-electron chi connectivity index (χ3n) is 4.18. The molecule has 2 rings (SSSR count). The predicted molar refractivity (Wildman–Crippen MR) is 87.2 cm³/mol. The molecule has 23 heavy (non-hydrogen) atoms. The van der Waals surface area contributed by atoms with Crippen LogP contribution in [0.25, 0.3) is 0 Å². The lowest BCUT2D eigenvalue weighted by atomic mass is 9.87. The summed E-state index contributed by atoms with van der Waals surface area (Å²) in [7, 11) is -8.22. The number of alkyl halides is 3. The molecule has 1 aliphatic heterocycles. The van der Waals surface area contributed by atoms with E-state index in [9.17, 15) is 26.4 Å². The molecule has 0 spiro atoms. The van der Waals surface area contributed by atoms with Gasteiger partial charge < -0.3 is 0 Å². The summed E-state index contributed by atoms with van der Waals surface area (Å²) in [5.74, 6) is 1.08. The first-order chi connectivity index (χ1) is 10.7. The topological polar surface area (TPSA) is 60.4 Å². The van der Waals surface area contributed by atoms with Gasteiger partial charge in [0.15, 0.2) is 0 Å². The maximum absolute atomic E-state index is 12.7. The molecule has 0 N–H and O–H groups in total. The van der Waals surface area contributed by atoms with Gasteiger partial charge in [-0.1, -0.05) is 19.3 Å². The van der Waals surface area contributed by atoms with Crippen LogP contribution in [0.4, 0.5) is 13.2 Å². The second-order valence-electron chi connectivity index (χ2n) is 5.90. The molecule has 0 unspecified atom stereocenters. The number of Topliss-reactive ketones (excluding diaryl/α,β-unsaturated/α-hetero) is 1. The molecule has 4 nitrogen and oxygen atoms in total. The van der Waals surface area contributed by atoms with Gasteiger partial charge in [0.05, 0.1) is 5.75 Å². The van der Waals surface area contributed by atoms with Gasteiger partial charge in [0, 0.05) is 28.9 Å². The van der Waals surface area contributed by atoms with E-state index in [1.54, 1.807) is 11.8 Å². The van der Waals surface area contributed by atoms with Crippen molar-refractivity contribution in [3.05, 3.63) is 0 Å². The molecule has 2 fully saturated rings. The molecule has 0 amide bonds. The van der Waals surface area contributed by atoms with Crippen molar-refractivity contribution in [2.75, 3.05) is 28.8 Å². The lowest BCUT2D eigenvalue weighted by Crippen LogP contribution is -2.35. The Kier molecular flexibility index (Phi) is 6.35. The number of hydrogen-bond acceptors (Lipinski definition) is 5. The first kappa shape index (κ1) is 19.4. The summed E-state index contributed by atoms with van der Waals surface area (Å²) in [6.45, 7) is 0. The average molecular weight is 395 g/mol. The van der Waals surface area contributed by atoms with E-state index in [0.717, 1.165) is 32.1 Å². The van der Waals surface area contributed by atoms with Crippen LogP contribution in [0.2, 0.25) is 0 Å². The monoisotopic (exact) mass is 394 g/mol. The van der Waals surface area contributed by atoms with Crippen LogP contribution in [0.1, 0.15) is 32.1 Å². The molecule has 1 aliphatic carbocycles. The van der Waals surface area contributed by atoms with Crippen LogP contribution in [0.5, 0.6) is 0 Å². The number of carbonyl (C=O) groups is 1. The molecular formula is C13H21F3O4S3. The standard InChI is InChI=1S/C13H21F3O4S3/c14-13(15,16)23(18,19)20-22(8-6-21-7-9-22)10-12(17)11-4-2-1-3-5-11/h11H,1-10H2. The summed E-state index contributed by atoms with van der Waals surface area (Å²) in [5, 5.41) is 0. The van der Waals surface area contributed by atoms with Crippen molar-refractivity contribution >= 4 is 38.0 Å². The van der Waals surface area contributed by atoms with Crippen molar-refractivity contribution in [3.63, 3.8) is 0 Å². The van der Waals surface area contributed by atoms with Gasteiger partial charge in [0.25, 0.3) is 0 Å². The smallest absolute Gasteiger partial charge is 0.298 e. The second kappa shape index (κ2) is 7.53. The highest BCUT2D eigenvalue weighted by atomic mass is 32.3. The Labute approximate surface area is 140 Å². The highest BCUT2D eigenvalue weighted by Gasteiger charge is 2.51. The fraction of sp³-hybridized carbons (Fsp3) is 0.923. The van der Waals surface area contributed by atoms with Crippen molar-refractivity contribution in [3.8, 4) is 0 Å². The van der Waals surface area contributed by atoms with Crippen molar-refractivity contribution in [1.29, 1.82) is 0 Å². The van der Waals surface area contributed by atoms with E-state index in [-0.39, 0.29) is 29.0 Å². The molecule has 0 aromatic heterocycles. The predicted octanol–water partition coefficient (Wildman–Crippen LogP) is 3.47. The van der Waals surface area contributed by atoms with Gasteiger partial charge in [-0.2, -0.15) is 33.4 Å². The minimum atomic E-state index is -5.66. The zero-order valence-corrected chi connectivity index (χ0v) is 15.1. The van der Waals surface area contributed by atoms with Crippen molar-refractivity contribution < 1.29 is 30.0 Å². The van der Waals surface area contributed by atoms with E-state index in [1.807, 2.05) is 0 Å². The molecule has 1 heterocycles. The van der Waals surface area contributed by atoms with Gasteiger partial charge in [-0.25, -0.2) is 3.63 Å². The third-order valence-corrected chi connectivity index (χ3v) is 10.8. The third kappa shape index (κ3) is 5.02. The van der Waals surface area contributed by atoms with Crippen LogP contribution < -0.4 is 0 Å². The highest BCUT2D eigenvalue weighted by Crippen LogP contribution is 2.55. The van der Waals surface area contributed by atoms with Crippen LogP contribution >= 0.6 is 22.1 Å². The van der Waals surface area contributed by atoms with Crippen LogP contribution in [0.3, 0.4) is 0 Å². The fourth-order valence-electron chi connectivity index (χ4n) is 2.89. The fourth-order valence-corrected chi connectivity index (χ4v) is 10.3. The Morgan fingerprint density at radius 2 is 1.70 bits per heavy atom. The summed E-state index contributed by atoms with van der Waals surface area (Å²) in [6.07, 6.45) is 4.44. The number of rotatable bonds is 5. The Morgan fingerprint density at radius 1 is 1.13 bits per heavy atom. The zero-order valence-electron chi connectivity index (χ0n) is 12.6. The lowest BCUT2D eigenvalue weighted by molar-refractivity contribution is -0.121. The largest absolute Gasteiger partial charge is 0.523 e. The number of carbonyl (C=O) groups excluding carboxylic acids is 1. The van der Waals surface area contributed by atoms with Gasteiger partial charge >= 0.3 is 15.6 Å². The number of ketones is 1. The quantitative estimate of drug-likeness (QED) is 0.668. The van der Waals surface area contributed by atoms with E-state index in [2.05, 4.69) is 3.63 Å². The Morgan fingerprint density at radius 3 is 2.22 bits per heavy atom. The normalized spacial score (nSPS) is 25.0. The summed E-state index contributed by atoms with van der Waals surface area (Å²) >= 11 is 1.55. The van der Waals surface area contributed by atoms with Crippen molar-refractivity contribution in [1.82, 2.24) is 0 Å². The summed E-state index contributed by atoms with van der Waals surface area (Å²) in [6, 6.07) is 0. The van der Waals surface area contributed by atoms with E-state index in [0.29, 0.717) is 11.5 Å². The number of hydrogen-bond donors (Lipinski definition) is 0. The van der Waals surface area contributed by atoms with Crippen LogP contribution in [-0.4, -0.2) is 48.5 Å². The first-order valence-electron chi connectivity index (χ1n) is 7.54. The molecule has 10 heteroatoms. The van der Waals surface area contributed by atoms with E-state index < -0.39 is 25.9 Å². The molecule has 2 aliphatic rings. The summed E-state index contributed by atoms with van der Waals surface area (Å²) in [4.78, 5) is 12.5. The molecule has 0 aromatic carbocycles. The van der Waals surface area contributed by atoms with E-state index >= 15 is 0 Å². The van der Waals surface area contributed by atoms with Crippen LogP contribution in [0, 0.1) is 5.92 Å². The molecule has 0 aromatic rings. The highest BCUT2D eigenvalue weighted by molar-refractivity contribution is 8.34. The summed E-state index contributed by atoms with van der Waals surface area (Å²) in [5.41, 5.74) is -5.44. The van der Waals surface area contributed by atoms with E-state index in [4.69, 9.17) is 0 Å². The van der Waals surface area contributed by atoms with Gasteiger partial charge in [0.2, 0.25) is 0 Å². The molecule has 1 saturated carbocycles. The van der Waals surface area contributed by atoms with Crippen LogP contribution in [0.15, 0.2) is 0 Å². The SMILES string of the molecule is O=C(CS1(OS(=O)(=O)C(F)(F)F)CCSCC1)C1CCCCC1. The second-order valence-corrected chi connectivity index (χ2v) is 12.1.